The molecule has 1 saturated carbocycles. The second kappa shape index (κ2) is 5.03. The van der Waals surface area contributed by atoms with Crippen LogP contribution in [0.15, 0.2) is 41.8 Å². The molecule has 0 unspecified atom stereocenters. The van der Waals surface area contributed by atoms with Crippen molar-refractivity contribution < 1.29 is 0 Å². The van der Waals surface area contributed by atoms with Crippen molar-refractivity contribution in [1.82, 2.24) is 5.32 Å². The largest absolute Gasteiger partial charge is 0.308 e. The van der Waals surface area contributed by atoms with Crippen molar-refractivity contribution in [1.29, 1.82) is 0 Å². The van der Waals surface area contributed by atoms with E-state index in [0.717, 1.165) is 19.0 Å². The van der Waals surface area contributed by atoms with Crippen molar-refractivity contribution in [3.05, 3.63) is 57.8 Å². The number of thiophene rings is 1. The lowest BCUT2D eigenvalue weighted by molar-refractivity contribution is 0.695. The van der Waals surface area contributed by atoms with Crippen LogP contribution in [-0.4, -0.2) is 0 Å². The molecule has 1 aliphatic rings. The Bertz CT molecular complexity index is 471. The van der Waals surface area contributed by atoms with Gasteiger partial charge < -0.3 is 5.32 Å². The highest BCUT2D eigenvalue weighted by molar-refractivity contribution is 7.09. The van der Waals surface area contributed by atoms with Gasteiger partial charge in [0.05, 0.1) is 0 Å². The Morgan fingerprint density at radius 3 is 2.71 bits per heavy atom. The van der Waals surface area contributed by atoms with Crippen molar-refractivity contribution in [2.45, 2.75) is 31.8 Å². The zero-order valence-electron chi connectivity index (χ0n) is 9.86. The van der Waals surface area contributed by atoms with E-state index in [4.69, 9.17) is 0 Å². The van der Waals surface area contributed by atoms with Gasteiger partial charge in [0.25, 0.3) is 0 Å². The van der Waals surface area contributed by atoms with Crippen LogP contribution in [0.4, 0.5) is 0 Å². The van der Waals surface area contributed by atoms with Gasteiger partial charge >= 0.3 is 0 Å². The average molecular weight is 243 g/mol. The molecule has 1 N–H and O–H groups in total. The summed E-state index contributed by atoms with van der Waals surface area (Å²) in [4.78, 5) is 1.41. The molecule has 0 atom stereocenters. The number of hydrogen-bond donors (Lipinski definition) is 1. The highest BCUT2D eigenvalue weighted by Gasteiger charge is 2.25. The van der Waals surface area contributed by atoms with Crippen LogP contribution in [0.1, 0.15) is 34.8 Å². The second-order valence-electron chi connectivity index (χ2n) is 4.66. The Hall–Kier alpha value is -1.12. The fraction of sp³-hybridized carbons (Fsp3) is 0.333. The molecule has 1 fully saturated rings. The molecule has 0 bridgehead atoms. The summed E-state index contributed by atoms with van der Waals surface area (Å²) in [6.45, 7) is 1.97. The third kappa shape index (κ3) is 2.76. The van der Waals surface area contributed by atoms with Gasteiger partial charge in [-0.2, -0.15) is 0 Å². The molecule has 0 aliphatic heterocycles. The fourth-order valence-corrected chi connectivity index (χ4v) is 2.90. The van der Waals surface area contributed by atoms with Gasteiger partial charge in [-0.05, 0) is 41.3 Å². The average Bonchev–Trinajstić information content (AvgIpc) is 3.08. The molecule has 0 spiro atoms. The lowest BCUT2D eigenvalue weighted by Crippen LogP contribution is -2.13. The van der Waals surface area contributed by atoms with E-state index in [1.165, 1.54) is 23.3 Å². The summed E-state index contributed by atoms with van der Waals surface area (Å²) < 4.78 is 0. The van der Waals surface area contributed by atoms with Gasteiger partial charge in [-0.15, -0.1) is 11.3 Å². The fourth-order valence-electron chi connectivity index (χ4n) is 2.22. The topological polar surface area (TPSA) is 12.0 Å². The van der Waals surface area contributed by atoms with Crippen LogP contribution < -0.4 is 5.32 Å². The van der Waals surface area contributed by atoms with E-state index in [1.54, 1.807) is 5.56 Å². The summed E-state index contributed by atoms with van der Waals surface area (Å²) in [7, 11) is 0. The lowest BCUT2D eigenvalue weighted by Gasteiger charge is -2.09. The van der Waals surface area contributed by atoms with Crippen molar-refractivity contribution in [3.8, 4) is 0 Å². The molecule has 1 aromatic heterocycles. The third-order valence-corrected chi connectivity index (χ3v) is 4.14. The van der Waals surface area contributed by atoms with Crippen molar-refractivity contribution >= 4 is 11.3 Å². The first kappa shape index (κ1) is 11.0. The van der Waals surface area contributed by atoms with Crippen LogP contribution in [-0.2, 0) is 13.1 Å². The monoisotopic (exact) mass is 243 g/mol. The van der Waals surface area contributed by atoms with E-state index in [0.29, 0.717) is 0 Å². The number of benzene rings is 1. The van der Waals surface area contributed by atoms with Crippen LogP contribution in [0.5, 0.6) is 0 Å². The van der Waals surface area contributed by atoms with E-state index in [-0.39, 0.29) is 0 Å². The highest BCUT2D eigenvalue weighted by atomic mass is 32.1. The van der Waals surface area contributed by atoms with Crippen LogP contribution in [0.25, 0.3) is 0 Å². The molecule has 2 heteroatoms. The van der Waals surface area contributed by atoms with Gasteiger partial charge in [-0.1, -0.05) is 30.3 Å². The normalized spacial score (nSPS) is 15.1. The van der Waals surface area contributed by atoms with Crippen molar-refractivity contribution in [2.24, 2.45) is 0 Å². The predicted molar refractivity (Wildman–Crippen MR) is 73.3 cm³/mol. The predicted octanol–water partition coefficient (Wildman–Crippen LogP) is 3.92. The van der Waals surface area contributed by atoms with E-state index >= 15 is 0 Å². The number of nitrogens with one attached hydrogen (secondary N) is 1. The van der Waals surface area contributed by atoms with Crippen LogP contribution in [0.2, 0.25) is 0 Å². The summed E-state index contributed by atoms with van der Waals surface area (Å²) in [6.07, 6.45) is 2.75. The SMILES string of the molecule is c1csc(CNCc2ccccc2C2CC2)c1. The summed E-state index contributed by atoms with van der Waals surface area (Å²) in [5.41, 5.74) is 3.04. The Kier molecular flexibility index (Phi) is 3.25. The summed E-state index contributed by atoms with van der Waals surface area (Å²) in [5.74, 6) is 0.842. The zero-order chi connectivity index (χ0) is 11.5. The van der Waals surface area contributed by atoms with Gasteiger partial charge in [-0.25, -0.2) is 0 Å². The smallest absolute Gasteiger partial charge is 0.0302 e. The van der Waals surface area contributed by atoms with Crippen LogP contribution >= 0.6 is 11.3 Å². The molecule has 1 nitrogen and oxygen atoms in total. The standard InChI is InChI=1S/C15H17NS/c1-2-6-15(12-7-8-12)13(4-1)10-16-11-14-5-3-9-17-14/h1-6,9,12,16H,7-8,10-11H2. The molecule has 1 aromatic carbocycles. The van der Waals surface area contributed by atoms with Crippen molar-refractivity contribution in [3.63, 3.8) is 0 Å². The Balaban J connectivity index is 1.61. The minimum Gasteiger partial charge on any atom is -0.308 e. The number of hydrogen-bond acceptors (Lipinski definition) is 2. The second-order valence-corrected chi connectivity index (χ2v) is 5.69. The molecule has 1 aliphatic carbocycles. The maximum Gasteiger partial charge on any atom is 0.0302 e. The first-order valence-corrected chi connectivity index (χ1v) is 7.12. The first-order chi connectivity index (χ1) is 8.43. The Labute approximate surface area is 106 Å². The highest BCUT2D eigenvalue weighted by Crippen LogP contribution is 2.41. The van der Waals surface area contributed by atoms with E-state index in [2.05, 4.69) is 47.1 Å². The van der Waals surface area contributed by atoms with Crippen molar-refractivity contribution in [2.75, 3.05) is 0 Å². The molecule has 2 aromatic rings. The van der Waals surface area contributed by atoms with Gasteiger partial charge in [0.2, 0.25) is 0 Å². The summed E-state index contributed by atoms with van der Waals surface area (Å²) >= 11 is 1.82. The first-order valence-electron chi connectivity index (χ1n) is 6.24. The zero-order valence-corrected chi connectivity index (χ0v) is 10.7. The maximum absolute atomic E-state index is 3.54. The van der Waals surface area contributed by atoms with Gasteiger partial charge in [0.15, 0.2) is 0 Å². The van der Waals surface area contributed by atoms with Gasteiger partial charge in [0, 0.05) is 18.0 Å². The molecule has 0 radical (unpaired) electrons. The molecular weight excluding hydrogens is 226 g/mol. The molecule has 88 valence electrons. The Morgan fingerprint density at radius 2 is 1.94 bits per heavy atom. The molecular formula is C15H17NS. The van der Waals surface area contributed by atoms with Gasteiger partial charge in [0.1, 0.15) is 0 Å². The lowest BCUT2D eigenvalue weighted by atomic mass is 10.0. The summed E-state index contributed by atoms with van der Waals surface area (Å²) in [6, 6.07) is 13.2. The quantitative estimate of drug-likeness (QED) is 0.839. The summed E-state index contributed by atoms with van der Waals surface area (Å²) in [5, 5.41) is 5.67. The van der Waals surface area contributed by atoms with E-state index < -0.39 is 0 Å². The van der Waals surface area contributed by atoms with E-state index in [9.17, 15) is 0 Å². The molecule has 1 heterocycles. The van der Waals surface area contributed by atoms with E-state index in [1.807, 2.05) is 11.3 Å². The molecule has 0 saturated heterocycles. The molecule has 3 rings (SSSR count). The third-order valence-electron chi connectivity index (χ3n) is 3.27. The van der Waals surface area contributed by atoms with Crippen LogP contribution in [0.3, 0.4) is 0 Å². The van der Waals surface area contributed by atoms with Crippen LogP contribution in [0, 0.1) is 0 Å². The number of rotatable bonds is 5. The molecule has 17 heavy (non-hydrogen) atoms. The Morgan fingerprint density at radius 1 is 1.06 bits per heavy atom. The minimum absolute atomic E-state index is 0.842. The maximum atomic E-state index is 3.54. The molecule has 0 amide bonds. The van der Waals surface area contributed by atoms with Gasteiger partial charge in [-0.3, -0.25) is 0 Å². The minimum atomic E-state index is 0.842.